The molecule has 1 N–H and O–H groups in total. The van der Waals surface area contributed by atoms with Crippen LogP contribution < -0.4 is 0 Å². The van der Waals surface area contributed by atoms with Crippen LogP contribution in [0.15, 0.2) is 0 Å². The van der Waals surface area contributed by atoms with Gasteiger partial charge in [0.1, 0.15) is 6.61 Å². The van der Waals surface area contributed by atoms with E-state index in [1.807, 2.05) is 0 Å². The Balaban J connectivity index is 1.53. The summed E-state index contributed by atoms with van der Waals surface area (Å²) in [6.07, 6.45) is 6.60. The summed E-state index contributed by atoms with van der Waals surface area (Å²) in [4.78, 5) is 12.2. The lowest BCUT2D eigenvalue weighted by Crippen LogP contribution is -2.35. The molecule has 4 rings (SSSR count). The molecule has 3 nitrogen and oxygen atoms in total. The summed E-state index contributed by atoms with van der Waals surface area (Å²) in [5.74, 6) is 5.92. The van der Waals surface area contributed by atoms with Crippen LogP contribution in [0.2, 0.25) is 0 Å². The molecule has 4 bridgehead atoms. The molecule has 4 fully saturated rings. The maximum absolute atomic E-state index is 12.2. The van der Waals surface area contributed by atoms with Gasteiger partial charge in [0, 0.05) is 0 Å². The number of aliphatic hydroxyl groups excluding tert-OH is 1. The average molecular weight is 278 g/mol. The fraction of sp³-hybridized carbons (Fsp3) is 0.941. The van der Waals surface area contributed by atoms with Crippen molar-refractivity contribution in [1.82, 2.24) is 0 Å². The van der Waals surface area contributed by atoms with Crippen molar-refractivity contribution in [3.8, 4) is 0 Å². The SMILES string of the molecule is CC1CCC2CC1C1C3CC(CC3C(=O)OCCO)C21. The maximum atomic E-state index is 12.2. The van der Waals surface area contributed by atoms with Crippen LogP contribution in [-0.4, -0.2) is 24.3 Å². The van der Waals surface area contributed by atoms with Gasteiger partial charge in [-0.3, -0.25) is 4.79 Å². The largest absolute Gasteiger partial charge is 0.463 e. The van der Waals surface area contributed by atoms with Crippen molar-refractivity contribution in [2.24, 2.45) is 47.3 Å². The topological polar surface area (TPSA) is 46.5 Å². The first kappa shape index (κ1) is 13.1. The normalized spacial score (nSPS) is 52.1. The van der Waals surface area contributed by atoms with Gasteiger partial charge in [-0.05, 0) is 67.1 Å². The first-order valence-electron chi connectivity index (χ1n) is 8.48. The second-order valence-electron chi connectivity index (χ2n) is 7.76. The van der Waals surface area contributed by atoms with E-state index in [0.29, 0.717) is 5.92 Å². The van der Waals surface area contributed by atoms with Gasteiger partial charge >= 0.3 is 5.97 Å². The van der Waals surface area contributed by atoms with E-state index in [0.717, 1.165) is 41.9 Å². The van der Waals surface area contributed by atoms with Gasteiger partial charge in [-0.15, -0.1) is 0 Å². The zero-order valence-electron chi connectivity index (χ0n) is 12.3. The first-order chi connectivity index (χ1) is 9.70. The van der Waals surface area contributed by atoms with E-state index in [-0.39, 0.29) is 25.1 Å². The van der Waals surface area contributed by atoms with Crippen LogP contribution in [-0.2, 0) is 9.53 Å². The molecule has 4 aliphatic rings. The van der Waals surface area contributed by atoms with Crippen molar-refractivity contribution in [3.63, 3.8) is 0 Å². The Morgan fingerprint density at radius 2 is 1.90 bits per heavy atom. The highest BCUT2D eigenvalue weighted by Crippen LogP contribution is 2.68. The molecule has 4 aliphatic carbocycles. The Labute approximate surface area is 121 Å². The minimum atomic E-state index is -0.0552. The number of carbonyl (C=O) groups excluding carboxylic acids is 1. The van der Waals surface area contributed by atoms with E-state index in [9.17, 15) is 4.79 Å². The van der Waals surface area contributed by atoms with Crippen LogP contribution >= 0.6 is 0 Å². The smallest absolute Gasteiger partial charge is 0.309 e. The predicted octanol–water partition coefficient (Wildman–Crippen LogP) is 2.48. The molecule has 0 aromatic rings. The van der Waals surface area contributed by atoms with Crippen LogP contribution in [0.4, 0.5) is 0 Å². The second-order valence-corrected chi connectivity index (χ2v) is 7.76. The Morgan fingerprint density at radius 1 is 1.10 bits per heavy atom. The standard InChI is InChI=1S/C17H26O3/c1-9-2-3-10-6-12(9)16-13-7-11(15(10)16)8-14(13)17(19)20-5-4-18/h9-16,18H,2-8H2,1H3. The van der Waals surface area contributed by atoms with Crippen molar-refractivity contribution in [2.45, 2.75) is 39.0 Å². The summed E-state index contributed by atoms with van der Waals surface area (Å²) < 4.78 is 5.23. The van der Waals surface area contributed by atoms with Crippen LogP contribution in [0.3, 0.4) is 0 Å². The van der Waals surface area contributed by atoms with Gasteiger partial charge in [0.05, 0.1) is 12.5 Å². The second kappa shape index (κ2) is 4.72. The van der Waals surface area contributed by atoms with Gasteiger partial charge in [-0.1, -0.05) is 13.3 Å². The van der Waals surface area contributed by atoms with Crippen LogP contribution in [0.1, 0.15) is 39.0 Å². The Bertz CT molecular complexity index is 407. The summed E-state index contributed by atoms with van der Waals surface area (Å²) in [6.45, 7) is 2.54. The zero-order valence-corrected chi connectivity index (χ0v) is 12.3. The van der Waals surface area contributed by atoms with Crippen molar-refractivity contribution >= 4 is 5.97 Å². The van der Waals surface area contributed by atoms with Gasteiger partial charge in [0.25, 0.3) is 0 Å². The molecule has 0 aliphatic heterocycles. The molecule has 0 amide bonds. The van der Waals surface area contributed by atoms with E-state index >= 15 is 0 Å². The number of carbonyl (C=O) groups is 1. The molecule has 0 heterocycles. The summed E-state index contributed by atoms with van der Waals surface area (Å²) in [5.41, 5.74) is 0. The van der Waals surface area contributed by atoms with Crippen molar-refractivity contribution in [2.75, 3.05) is 13.2 Å². The number of esters is 1. The molecular formula is C17H26O3. The van der Waals surface area contributed by atoms with E-state index in [1.165, 1.54) is 25.7 Å². The molecule has 20 heavy (non-hydrogen) atoms. The summed E-state index contributed by atoms with van der Waals surface area (Å²) >= 11 is 0. The lowest BCUT2D eigenvalue weighted by Gasteiger charge is -2.35. The molecular weight excluding hydrogens is 252 g/mol. The average Bonchev–Trinajstić information content (AvgIpc) is 3.10. The molecule has 0 aromatic carbocycles. The number of fused-ring (bicyclic) bond motifs is 9. The van der Waals surface area contributed by atoms with Crippen LogP contribution in [0, 0.1) is 47.3 Å². The first-order valence-corrected chi connectivity index (χ1v) is 8.48. The molecule has 0 radical (unpaired) electrons. The maximum Gasteiger partial charge on any atom is 0.309 e. The lowest BCUT2D eigenvalue weighted by molar-refractivity contribution is -0.153. The molecule has 3 heteroatoms. The zero-order chi connectivity index (χ0) is 13.9. The fourth-order valence-electron chi connectivity index (χ4n) is 6.55. The van der Waals surface area contributed by atoms with E-state index in [2.05, 4.69) is 6.92 Å². The van der Waals surface area contributed by atoms with Crippen LogP contribution in [0.5, 0.6) is 0 Å². The molecule has 0 spiro atoms. The fourth-order valence-corrected chi connectivity index (χ4v) is 6.55. The minimum absolute atomic E-state index is 0.0286. The Morgan fingerprint density at radius 3 is 2.70 bits per heavy atom. The highest BCUT2D eigenvalue weighted by atomic mass is 16.5. The van der Waals surface area contributed by atoms with E-state index < -0.39 is 0 Å². The van der Waals surface area contributed by atoms with Crippen molar-refractivity contribution in [1.29, 1.82) is 0 Å². The third-order valence-electron chi connectivity index (χ3n) is 7.11. The van der Waals surface area contributed by atoms with Crippen molar-refractivity contribution < 1.29 is 14.6 Å². The van der Waals surface area contributed by atoms with Crippen LogP contribution in [0.25, 0.3) is 0 Å². The number of ether oxygens (including phenoxy) is 1. The third-order valence-corrected chi connectivity index (χ3v) is 7.11. The molecule has 8 atom stereocenters. The monoisotopic (exact) mass is 278 g/mol. The Kier molecular flexibility index (Phi) is 3.10. The molecule has 112 valence electrons. The van der Waals surface area contributed by atoms with Gasteiger partial charge in [-0.2, -0.15) is 0 Å². The highest BCUT2D eigenvalue weighted by molar-refractivity contribution is 5.73. The molecule has 8 unspecified atom stereocenters. The number of hydrogen-bond acceptors (Lipinski definition) is 3. The summed E-state index contributed by atoms with van der Waals surface area (Å²) in [6, 6.07) is 0. The number of rotatable bonds is 3. The van der Waals surface area contributed by atoms with Crippen molar-refractivity contribution in [3.05, 3.63) is 0 Å². The van der Waals surface area contributed by atoms with E-state index in [4.69, 9.17) is 9.84 Å². The molecule has 4 saturated carbocycles. The third kappa shape index (κ3) is 1.71. The molecule has 0 saturated heterocycles. The van der Waals surface area contributed by atoms with E-state index in [1.54, 1.807) is 0 Å². The van der Waals surface area contributed by atoms with Gasteiger partial charge in [0.15, 0.2) is 0 Å². The van der Waals surface area contributed by atoms with Gasteiger partial charge < -0.3 is 9.84 Å². The summed E-state index contributed by atoms with van der Waals surface area (Å²) in [5, 5.41) is 8.82. The number of hydrogen-bond donors (Lipinski definition) is 1. The Hall–Kier alpha value is -0.570. The minimum Gasteiger partial charge on any atom is -0.463 e. The number of aliphatic hydroxyl groups is 1. The molecule has 0 aromatic heterocycles. The quantitative estimate of drug-likeness (QED) is 0.637. The highest BCUT2D eigenvalue weighted by Gasteiger charge is 2.63. The summed E-state index contributed by atoms with van der Waals surface area (Å²) in [7, 11) is 0. The predicted molar refractivity (Wildman–Crippen MR) is 74.7 cm³/mol. The van der Waals surface area contributed by atoms with Gasteiger partial charge in [0.2, 0.25) is 0 Å². The van der Waals surface area contributed by atoms with Gasteiger partial charge in [-0.25, -0.2) is 0 Å². The lowest BCUT2D eigenvalue weighted by atomic mass is 9.70.